The Balaban J connectivity index is 2.27. The second kappa shape index (κ2) is 4.57. The quantitative estimate of drug-likeness (QED) is 0.797. The molecule has 0 aliphatic heterocycles. The van der Waals surface area contributed by atoms with E-state index in [1.807, 2.05) is 18.3 Å². The van der Waals surface area contributed by atoms with Crippen molar-refractivity contribution in [2.24, 2.45) is 0 Å². The van der Waals surface area contributed by atoms with Gasteiger partial charge in [-0.25, -0.2) is 0 Å². The Hall–Kier alpha value is -0.841. The third-order valence-electron chi connectivity index (χ3n) is 1.94. The summed E-state index contributed by atoms with van der Waals surface area (Å²) < 4.78 is 6.69. The predicted molar refractivity (Wildman–Crippen MR) is 64.8 cm³/mol. The van der Waals surface area contributed by atoms with Crippen LogP contribution in [0.5, 0.6) is 0 Å². The Labute approximate surface area is 106 Å². The van der Waals surface area contributed by atoms with Gasteiger partial charge in [-0.3, -0.25) is 0 Å². The van der Waals surface area contributed by atoms with E-state index in [4.69, 9.17) is 4.42 Å². The summed E-state index contributed by atoms with van der Waals surface area (Å²) in [6, 6.07) is 3.93. The van der Waals surface area contributed by atoms with Gasteiger partial charge in [-0.1, -0.05) is 0 Å². The first-order valence-corrected chi connectivity index (χ1v) is 8.04. The van der Waals surface area contributed by atoms with Crippen molar-refractivity contribution in [3.63, 3.8) is 0 Å². The molecule has 0 spiro atoms. The van der Waals surface area contributed by atoms with E-state index < -0.39 is 21.1 Å². The van der Waals surface area contributed by atoms with Gasteiger partial charge in [0.2, 0.25) is 0 Å². The van der Waals surface area contributed by atoms with Crippen LogP contribution in [0.15, 0.2) is 35.3 Å². The minimum atomic E-state index is -0.658. The van der Waals surface area contributed by atoms with Gasteiger partial charge in [0.25, 0.3) is 0 Å². The SMILES string of the molecule is C[C](C)(C)[Sn][c]1ccnc(-c2ccoc2)n1. The van der Waals surface area contributed by atoms with Crippen LogP contribution in [0.1, 0.15) is 20.8 Å². The molecule has 2 aromatic rings. The van der Waals surface area contributed by atoms with Crippen LogP contribution >= 0.6 is 0 Å². The Bertz CT molecular complexity index is 460. The van der Waals surface area contributed by atoms with Crippen molar-refractivity contribution in [1.29, 1.82) is 0 Å². The second-order valence-corrected chi connectivity index (χ2v) is 11.1. The van der Waals surface area contributed by atoms with Gasteiger partial charge >= 0.3 is 106 Å². The molecule has 0 saturated heterocycles. The van der Waals surface area contributed by atoms with Crippen LogP contribution in [0.3, 0.4) is 0 Å². The molecule has 3 nitrogen and oxygen atoms in total. The van der Waals surface area contributed by atoms with Crippen molar-refractivity contribution in [3.8, 4) is 11.4 Å². The van der Waals surface area contributed by atoms with E-state index in [9.17, 15) is 0 Å². The number of rotatable bonds is 2. The third kappa shape index (κ3) is 3.07. The average Bonchev–Trinajstić information content (AvgIpc) is 2.68. The fourth-order valence-corrected chi connectivity index (χ4v) is 4.45. The molecule has 0 amide bonds. The van der Waals surface area contributed by atoms with Gasteiger partial charge in [-0.15, -0.1) is 0 Å². The Morgan fingerprint density at radius 2 is 2.06 bits per heavy atom. The maximum atomic E-state index is 5.04. The molecule has 0 bridgehead atoms. The van der Waals surface area contributed by atoms with E-state index in [0.717, 1.165) is 11.4 Å². The van der Waals surface area contributed by atoms with E-state index in [2.05, 4.69) is 30.7 Å². The van der Waals surface area contributed by atoms with Gasteiger partial charge in [0.05, 0.1) is 0 Å². The van der Waals surface area contributed by atoms with Gasteiger partial charge < -0.3 is 0 Å². The summed E-state index contributed by atoms with van der Waals surface area (Å²) in [4.78, 5) is 8.87. The molecule has 2 radical (unpaired) electrons. The van der Waals surface area contributed by atoms with Crippen molar-refractivity contribution < 1.29 is 4.42 Å². The van der Waals surface area contributed by atoms with Gasteiger partial charge in [0.1, 0.15) is 0 Å². The zero-order chi connectivity index (χ0) is 11.6. The van der Waals surface area contributed by atoms with E-state index in [1.54, 1.807) is 12.5 Å². The Morgan fingerprint density at radius 1 is 1.25 bits per heavy atom. The molecule has 2 aromatic heterocycles. The summed E-state index contributed by atoms with van der Waals surface area (Å²) in [7, 11) is 0. The molecule has 0 atom stereocenters. The van der Waals surface area contributed by atoms with Gasteiger partial charge in [-0.05, 0) is 0 Å². The molecule has 2 heterocycles. The van der Waals surface area contributed by atoms with Gasteiger partial charge in [-0.2, -0.15) is 0 Å². The predicted octanol–water partition coefficient (Wildman–Crippen LogP) is 2.28. The summed E-state index contributed by atoms with van der Waals surface area (Å²) in [5, 5.41) is 0. The standard InChI is InChI=1S/C8H5N2O.C4H9.Sn/c1-3-9-8(10-4-1)7-2-5-11-6-7;1-4(2)3;/h1-3,5-6H;1-3H3;. The number of hydrogen-bond donors (Lipinski definition) is 0. The Morgan fingerprint density at radius 3 is 2.69 bits per heavy atom. The molecule has 0 unspecified atom stereocenters. The number of aromatic nitrogens is 2. The molecule has 0 fully saturated rings. The van der Waals surface area contributed by atoms with Crippen molar-refractivity contribution in [1.82, 2.24) is 9.97 Å². The van der Waals surface area contributed by atoms with E-state index in [-0.39, 0.29) is 0 Å². The molecule has 0 N–H and O–H groups in total. The van der Waals surface area contributed by atoms with Crippen molar-refractivity contribution in [2.75, 3.05) is 0 Å². The molecule has 0 saturated carbocycles. The van der Waals surface area contributed by atoms with Crippen LogP contribution in [-0.2, 0) is 0 Å². The van der Waals surface area contributed by atoms with Crippen LogP contribution in [0, 0.1) is 0 Å². The fraction of sp³-hybridized carbons (Fsp3) is 0.333. The summed E-state index contributed by atoms with van der Waals surface area (Å²) in [5.74, 6) is 0.774. The topological polar surface area (TPSA) is 38.9 Å². The first-order chi connectivity index (χ1) is 7.54. The first kappa shape index (κ1) is 11.6. The maximum absolute atomic E-state index is 5.04. The monoisotopic (exact) mass is 322 g/mol. The van der Waals surface area contributed by atoms with E-state index in [1.165, 1.54) is 3.71 Å². The summed E-state index contributed by atoms with van der Waals surface area (Å²) in [6.45, 7) is 6.83. The van der Waals surface area contributed by atoms with Crippen LogP contribution in [0.25, 0.3) is 11.4 Å². The van der Waals surface area contributed by atoms with Gasteiger partial charge in [0, 0.05) is 0 Å². The minimum absolute atomic E-state index is 0.408. The third-order valence-corrected chi connectivity index (χ3v) is 5.60. The first-order valence-electron chi connectivity index (χ1n) is 5.18. The van der Waals surface area contributed by atoms with Crippen molar-refractivity contribution in [3.05, 3.63) is 30.9 Å². The van der Waals surface area contributed by atoms with Crippen LogP contribution in [0.4, 0.5) is 0 Å². The van der Waals surface area contributed by atoms with Gasteiger partial charge in [0.15, 0.2) is 0 Å². The molecular weight excluding hydrogens is 307 g/mol. The molecule has 0 aliphatic carbocycles. The summed E-state index contributed by atoms with van der Waals surface area (Å²) in [5.41, 5.74) is 0.954. The van der Waals surface area contributed by atoms with Crippen molar-refractivity contribution in [2.45, 2.75) is 24.2 Å². The zero-order valence-corrected chi connectivity index (χ0v) is 12.5. The van der Waals surface area contributed by atoms with Crippen LogP contribution in [0.2, 0.25) is 3.43 Å². The number of hydrogen-bond acceptors (Lipinski definition) is 3. The second-order valence-electron chi connectivity index (χ2n) is 4.65. The fourth-order valence-electron chi connectivity index (χ4n) is 1.34. The Kier molecular flexibility index (Phi) is 3.33. The molecule has 4 heteroatoms. The zero-order valence-electron chi connectivity index (χ0n) is 9.69. The van der Waals surface area contributed by atoms with Crippen molar-refractivity contribution >= 4 is 24.9 Å². The molecule has 0 aromatic carbocycles. The molecule has 0 aliphatic rings. The number of nitrogens with zero attached hydrogens (tertiary/aromatic N) is 2. The summed E-state index contributed by atoms with van der Waals surface area (Å²) in [6.07, 6.45) is 5.17. The van der Waals surface area contributed by atoms with E-state index >= 15 is 0 Å². The van der Waals surface area contributed by atoms with E-state index in [0.29, 0.717) is 3.43 Å². The molecule has 16 heavy (non-hydrogen) atoms. The molecule has 82 valence electrons. The average molecular weight is 321 g/mol. The molecule has 2 rings (SSSR count). The number of furan rings is 1. The van der Waals surface area contributed by atoms with Crippen LogP contribution < -0.4 is 3.71 Å². The van der Waals surface area contributed by atoms with Crippen LogP contribution in [-0.4, -0.2) is 31.1 Å². The normalized spacial score (nSPS) is 11.7. The summed E-state index contributed by atoms with van der Waals surface area (Å²) >= 11 is -0.658. The molecular formula is C12H14N2OSn.